The molecule has 5 heteroatoms. The SMILES string of the molecule is OC(CNCc1cncs1)c1cccc(Br)c1. The molecule has 0 saturated heterocycles. The van der Waals surface area contributed by atoms with Gasteiger partial charge in [-0.25, -0.2) is 0 Å². The third-order valence-corrected chi connectivity index (χ3v) is 3.63. The van der Waals surface area contributed by atoms with Crippen LogP contribution in [0.1, 0.15) is 16.5 Å². The summed E-state index contributed by atoms with van der Waals surface area (Å²) < 4.78 is 0.983. The Labute approximate surface area is 113 Å². The van der Waals surface area contributed by atoms with Gasteiger partial charge in [-0.05, 0) is 17.7 Å². The highest BCUT2D eigenvalue weighted by atomic mass is 79.9. The summed E-state index contributed by atoms with van der Waals surface area (Å²) in [5.41, 5.74) is 2.72. The van der Waals surface area contributed by atoms with E-state index in [1.807, 2.05) is 36.0 Å². The van der Waals surface area contributed by atoms with Crippen molar-refractivity contribution in [3.63, 3.8) is 0 Å². The van der Waals surface area contributed by atoms with Crippen molar-refractivity contribution in [1.82, 2.24) is 10.3 Å². The van der Waals surface area contributed by atoms with Crippen LogP contribution < -0.4 is 5.32 Å². The van der Waals surface area contributed by atoms with Crippen molar-refractivity contribution in [3.8, 4) is 0 Å². The smallest absolute Gasteiger partial charge is 0.0914 e. The molecule has 0 fully saturated rings. The van der Waals surface area contributed by atoms with Crippen LogP contribution in [0.5, 0.6) is 0 Å². The van der Waals surface area contributed by atoms with Crippen LogP contribution in [-0.2, 0) is 6.54 Å². The molecule has 2 rings (SSSR count). The van der Waals surface area contributed by atoms with Gasteiger partial charge in [0.25, 0.3) is 0 Å². The van der Waals surface area contributed by atoms with Crippen LogP contribution in [0.2, 0.25) is 0 Å². The van der Waals surface area contributed by atoms with Gasteiger partial charge >= 0.3 is 0 Å². The van der Waals surface area contributed by atoms with Gasteiger partial charge in [0.1, 0.15) is 0 Å². The van der Waals surface area contributed by atoms with Gasteiger partial charge < -0.3 is 10.4 Å². The highest BCUT2D eigenvalue weighted by Crippen LogP contribution is 2.17. The Hall–Kier alpha value is -0.750. The average molecular weight is 313 g/mol. The minimum Gasteiger partial charge on any atom is -0.387 e. The highest BCUT2D eigenvalue weighted by Gasteiger charge is 2.07. The van der Waals surface area contributed by atoms with Crippen molar-refractivity contribution in [2.24, 2.45) is 0 Å². The van der Waals surface area contributed by atoms with E-state index in [9.17, 15) is 5.11 Å². The van der Waals surface area contributed by atoms with Crippen LogP contribution >= 0.6 is 27.3 Å². The summed E-state index contributed by atoms with van der Waals surface area (Å²) >= 11 is 5.00. The molecule has 0 aliphatic carbocycles. The van der Waals surface area contributed by atoms with Crippen LogP contribution in [-0.4, -0.2) is 16.6 Å². The van der Waals surface area contributed by atoms with Crippen molar-refractivity contribution >= 4 is 27.3 Å². The van der Waals surface area contributed by atoms with E-state index in [1.165, 1.54) is 4.88 Å². The Morgan fingerprint density at radius 1 is 1.47 bits per heavy atom. The summed E-state index contributed by atoms with van der Waals surface area (Å²) in [6, 6.07) is 7.72. The van der Waals surface area contributed by atoms with E-state index in [-0.39, 0.29) is 0 Å². The Morgan fingerprint density at radius 3 is 3.06 bits per heavy atom. The number of aliphatic hydroxyl groups excluding tert-OH is 1. The zero-order valence-electron chi connectivity index (χ0n) is 9.14. The van der Waals surface area contributed by atoms with Crippen LogP contribution in [0, 0.1) is 0 Å². The van der Waals surface area contributed by atoms with E-state index in [4.69, 9.17) is 0 Å². The van der Waals surface area contributed by atoms with E-state index in [0.29, 0.717) is 6.54 Å². The summed E-state index contributed by atoms with van der Waals surface area (Å²) in [4.78, 5) is 5.17. The van der Waals surface area contributed by atoms with Crippen molar-refractivity contribution in [2.75, 3.05) is 6.54 Å². The maximum absolute atomic E-state index is 9.98. The van der Waals surface area contributed by atoms with Gasteiger partial charge in [-0.1, -0.05) is 28.1 Å². The molecule has 1 aromatic carbocycles. The van der Waals surface area contributed by atoms with Gasteiger partial charge in [0.05, 0.1) is 11.6 Å². The number of nitrogens with zero attached hydrogens (tertiary/aromatic N) is 1. The molecule has 2 aromatic rings. The molecule has 0 bridgehead atoms. The van der Waals surface area contributed by atoms with Crippen molar-refractivity contribution in [1.29, 1.82) is 0 Å². The first kappa shape index (κ1) is 12.7. The first-order valence-corrected chi connectivity index (χ1v) is 6.94. The number of halogens is 1. The lowest BCUT2D eigenvalue weighted by Crippen LogP contribution is -2.20. The molecule has 0 saturated carbocycles. The monoisotopic (exact) mass is 312 g/mol. The molecule has 0 aliphatic heterocycles. The molecule has 90 valence electrons. The topological polar surface area (TPSA) is 45.1 Å². The van der Waals surface area contributed by atoms with Crippen molar-refractivity contribution < 1.29 is 5.11 Å². The maximum atomic E-state index is 9.98. The zero-order chi connectivity index (χ0) is 12.1. The van der Waals surface area contributed by atoms with Crippen molar-refractivity contribution in [3.05, 3.63) is 50.9 Å². The molecule has 0 radical (unpaired) electrons. The lowest BCUT2D eigenvalue weighted by atomic mass is 10.1. The van der Waals surface area contributed by atoms with E-state index < -0.39 is 6.10 Å². The molecule has 0 aliphatic rings. The minimum absolute atomic E-state index is 0.486. The number of nitrogens with one attached hydrogen (secondary N) is 1. The lowest BCUT2D eigenvalue weighted by molar-refractivity contribution is 0.174. The largest absolute Gasteiger partial charge is 0.387 e. The molecule has 1 unspecified atom stereocenters. The summed E-state index contributed by atoms with van der Waals surface area (Å²) in [6.45, 7) is 1.28. The van der Waals surface area contributed by atoms with Gasteiger partial charge in [-0.15, -0.1) is 11.3 Å². The molecule has 1 heterocycles. The normalized spacial score (nSPS) is 12.6. The number of benzene rings is 1. The molecule has 17 heavy (non-hydrogen) atoms. The second kappa shape index (κ2) is 6.26. The molecule has 0 spiro atoms. The van der Waals surface area contributed by atoms with Crippen LogP contribution in [0.3, 0.4) is 0 Å². The number of hydrogen-bond donors (Lipinski definition) is 2. The highest BCUT2D eigenvalue weighted by molar-refractivity contribution is 9.10. The van der Waals surface area contributed by atoms with Gasteiger partial charge in [0.2, 0.25) is 0 Å². The molecule has 0 amide bonds. The number of hydrogen-bond acceptors (Lipinski definition) is 4. The third kappa shape index (κ3) is 3.89. The number of aromatic nitrogens is 1. The Bertz CT molecular complexity index is 461. The van der Waals surface area contributed by atoms with Crippen LogP contribution in [0.4, 0.5) is 0 Å². The van der Waals surface area contributed by atoms with E-state index >= 15 is 0 Å². The van der Waals surface area contributed by atoms with E-state index in [2.05, 4.69) is 26.2 Å². The zero-order valence-corrected chi connectivity index (χ0v) is 11.5. The first-order chi connectivity index (χ1) is 8.25. The molecular formula is C12H13BrN2OS. The summed E-state index contributed by atoms with van der Waals surface area (Å²) in [5, 5.41) is 13.2. The standard InChI is InChI=1S/C12H13BrN2OS/c13-10-3-1-2-9(4-10)12(16)7-14-5-11-6-15-8-17-11/h1-4,6,8,12,14,16H,5,7H2. The number of aliphatic hydroxyl groups is 1. The number of thiazole rings is 1. The lowest BCUT2D eigenvalue weighted by Gasteiger charge is -2.11. The minimum atomic E-state index is -0.486. The fraction of sp³-hybridized carbons (Fsp3) is 0.250. The predicted molar refractivity (Wildman–Crippen MR) is 72.9 cm³/mol. The maximum Gasteiger partial charge on any atom is 0.0914 e. The van der Waals surface area contributed by atoms with Crippen LogP contribution in [0.25, 0.3) is 0 Å². The van der Waals surface area contributed by atoms with E-state index in [1.54, 1.807) is 11.3 Å². The number of rotatable bonds is 5. The second-order valence-corrected chi connectivity index (χ2v) is 5.56. The fourth-order valence-electron chi connectivity index (χ4n) is 1.49. The molecular weight excluding hydrogens is 300 g/mol. The molecule has 1 atom stereocenters. The molecule has 3 nitrogen and oxygen atoms in total. The molecule has 1 aromatic heterocycles. The quantitative estimate of drug-likeness (QED) is 0.892. The average Bonchev–Trinajstić information content (AvgIpc) is 2.82. The summed E-state index contributed by atoms with van der Waals surface area (Å²) in [7, 11) is 0. The van der Waals surface area contributed by atoms with Gasteiger partial charge in [-0.3, -0.25) is 4.98 Å². The fourth-order valence-corrected chi connectivity index (χ4v) is 2.47. The van der Waals surface area contributed by atoms with Gasteiger partial charge in [-0.2, -0.15) is 0 Å². The van der Waals surface area contributed by atoms with Crippen molar-refractivity contribution in [2.45, 2.75) is 12.6 Å². The van der Waals surface area contributed by atoms with Crippen LogP contribution in [0.15, 0.2) is 40.4 Å². The summed E-state index contributed by atoms with van der Waals surface area (Å²) in [5.74, 6) is 0. The predicted octanol–water partition coefficient (Wildman–Crippen LogP) is 2.73. The van der Waals surface area contributed by atoms with Gasteiger partial charge in [0.15, 0.2) is 0 Å². The second-order valence-electron chi connectivity index (χ2n) is 3.67. The Morgan fingerprint density at radius 2 is 2.35 bits per heavy atom. The van der Waals surface area contributed by atoms with E-state index in [0.717, 1.165) is 16.6 Å². The van der Waals surface area contributed by atoms with Gasteiger partial charge in [0, 0.05) is 28.6 Å². The first-order valence-electron chi connectivity index (χ1n) is 5.27. The summed E-state index contributed by atoms with van der Waals surface area (Å²) in [6.07, 6.45) is 1.35. The third-order valence-electron chi connectivity index (χ3n) is 2.35. The molecule has 2 N–H and O–H groups in total. The Balaban J connectivity index is 1.83. The Kier molecular flexibility index (Phi) is 4.67.